The van der Waals surface area contributed by atoms with E-state index in [0.717, 1.165) is 16.9 Å². The maximum Gasteiger partial charge on any atom is 0.435 e. The third kappa shape index (κ3) is 6.29. The molecule has 0 bridgehead atoms. The molecule has 1 aromatic rings. The SMILES string of the molecule is CCN(CC(=O)NC(C)(C)C)C(=O)Cn1ccc(C(F)(F)F)n1. The number of halogens is 3. The van der Waals surface area contributed by atoms with Crippen LogP contribution in [0.4, 0.5) is 13.2 Å². The number of aromatic nitrogens is 2. The van der Waals surface area contributed by atoms with Gasteiger partial charge in [-0.2, -0.15) is 18.3 Å². The smallest absolute Gasteiger partial charge is 0.350 e. The van der Waals surface area contributed by atoms with Gasteiger partial charge in [0, 0.05) is 18.3 Å². The van der Waals surface area contributed by atoms with Crippen molar-refractivity contribution in [1.29, 1.82) is 0 Å². The lowest BCUT2D eigenvalue weighted by atomic mass is 10.1. The van der Waals surface area contributed by atoms with Crippen LogP contribution in [-0.4, -0.2) is 45.1 Å². The van der Waals surface area contributed by atoms with Crippen molar-refractivity contribution in [2.24, 2.45) is 0 Å². The predicted molar refractivity (Wildman–Crippen MR) is 77.4 cm³/mol. The van der Waals surface area contributed by atoms with Crippen molar-refractivity contribution in [2.75, 3.05) is 13.1 Å². The highest BCUT2D eigenvalue weighted by Gasteiger charge is 2.33. The maximum absolute atomic E-state index is 12.5. The number of amides is 2. The molecule has 1 rings (SSSR count). The lowest BCUT2D eigenvalue weighted by molar-refractivity contribution is -0.142. The summed E-state index contributed by atoms with van der Waals surface area (Å²) in [6.45, 7) is 6.88. The summed E-state index contributed by atoms with van der Waals surface area (Å²) < 4.78 is 38.3. The molecule has 1 heterocycles. The first-order chi connectivity index (χ1) is 10.4. The number of carbonyl (C=O) groups is 2. The zero-order valence-corrected chi connectivity index (χ0v) is 13.6. The molecule has 9 heteroatoms. The molecule has 0 aliphatic heterocycles. The van der Waals surface area contributed by atoms with E-state index in [0.29, 0.717) is 0 Å². The molecule has 0 atom stereocenters. The second-order valence-electron chi connectivity index (χ2n) is 6.10. The molecule has 2 amide bonds. The van der Waals surface area contributed by atoms with Gasteiger partial charge in [0.05, 0.1) is 6.54 Å². The van der Waals surface area contributed by atoms with Crippen LogP contribution in [-0.2, 0) is 22.3 Å². The second-order valence-corrected chi connectivity index (χ2v) is 6.10. The molecule has 1 N–H and O–H groups in total. The molecule has 0 spiro atoms. The molecule has 0 saturated carbocycles. The molecule has 23 heavy (non-hydrogen) atoms. The molecule has 0 radical (unpaired) electrons. The fourth-order valence-electron chi connectivity index (χ4n) is 1.85. The van der Waals surface area contributed by atoms with Gasteiger partial charge in [-0.1, -0.05) is 0 Å². The van der Waals surface area contributed by atoms with E-state index in [2.05, 4.69) is 10.4 Å². The van der Waals surface area contributed by atoms with Crippen LogP contribution >= 0.6 is 0 Å². The normalized spacial score (nSPS) is 12.1. The van der Waals surface area contributed by atoms with Crippen molar-refractivity contribution >= 4 is 11.8 Å². The van der Waals surface area contributed by atoms with Gasteiger partial charge in [-0.15, -0.1) is 0 Å². The van der Waals surface area contributed by atoms with Crippen molar-refractivity contribution < 1.29 is 22.8 Å². The number of nitrogens with one attached hydrogen (secondary N) is 1. The van der Waals surface area contributed by atoms with E-state index in [1.54, 1.807) is 6.92 Å². The summed E-state index contributed by atoms with van der Waals surface area (Å²) in [6.07, 6.45) is -3.46. The zero-order valence-electron chi connectivity index (χ0n) is 13.6. The van der Waals surface area contributed by atoms with Gasteiger partial charge < -0.3 is 10.2 Å². The maximum atomic E-state index is 12.5. The minimum Gasteiger partial charge on any atom is -0.350 e. The van der Waals surface area contributed by atoms with Gasteiger partial charge in [0.25, 0.3) is 0 Å². The highest BCUT2D eigenvalue weighted by atomic mass is 19.4. The number of hydrogen-bond donors (Lipinski definition) is 1. The van der Waals surface area contributed by atoms with Crippen molar-refractivity contribution in [2.45, 2.75) is 46.0 Å². The van der Waals surface area contributed by atoms with Crippen LogP contribution < -0.4 is 5.32 Å². The molecular weight excluding hydrogens is 313 g/mol. The lowest BCUT2D eigenvalue weighted by Crippen LogP contribution is -2.47. The number of rotatable bonds is 5. The van der Waals surface area contributed by atoms with E-state index in [1.807, 2.05) is 20.8 Å². The Kier molecular flexibility index (Phi) is 5.79. The molecule has 1 aromatic heterocycles. The quantitative estimate of drug-likeness (QED) is 0.891. The van der Waals surface area contributed by atoms with Gasteiger partial charge in [0.2, 0.25) is 11.8 Å². The van der Waals surface area contributed by atoms with Crippen molar-refractivity contribution in [3.05, 3.63) is 18.0 Å². The molecule has 6 nitrogen and oxygen atoms in total. The first-order valence-corrected chi connectivity index (χ1v) is 7.12. The number of nitrogens with zero attached hydrogens (tertiary/aromatic N) is 3. The minimum absolute atomic E-state index is 0.153. The summed E-state index contributed by atoms with van der Waals surface area (Å²) in [6, 6.07) is 0.801. The molecule has 0 fully saturated rings. The summed E-state index contributed by atoms with van der Waals surface area (Å²) in [5, 5.41) is 6.04. The highest BCUT2D eigenvalue weighted by Crippen LogP contribution is 2.27. The fraction of sp³-hybridized carbons (Fsp3) is 0.643. The van der Waals surface area contributed by atoms with E-state index >= 15 is 0 Å². The first kappa shape index (κ1) is 19.0. The number of alkyl halides is 3. The third-order valence-electron chi connectivity index (χ3n) is 2.81. The Labute approximate surface area is 132 Å². The molecule has 130 valence electrons. The predicted octanol–water partition coefficient (Wildman–Crippen LogP) is 1.67. The topological polar surface area (TPSA) is 67.2 Å². The van der Waals surface area contributed by atoms with Gasteiger partial charge in [-0.3, -0.25) is 14.3 Å². The summed E-state index contributed by atoms with van der Waals surface area (Å²) in [4.78, 5) is 25.2. The zero-order chi connectivity index (χ0) is 17.8. The second kappa shape index (κ2) is 7.01. The van der Waals surface area contributed by atoms with E-state index in [1.165, 1.54) is 4.90 Å². The minimum atomic E-state index is -4.55. The van der Waals surface area contributed by atoms with E-state index in [-0.39, 0.29) is 25.5 Å². The largest absolute Gasteiger partial charge is 0.435 e. The number of likely N-dealkylation sites (N-methyl/N-ethyl adjacent to an activating group) is 1. The van der Waals surface area contributed by atoms with Gasteiger partial charge >= 0.3 is 6.18 Å². The van der Waals surface area contributed by atoms with Crippen LogP contribution in [0.3, 0.4) is 0 Å². The molecular formula is C14H21F3N4O2. The van der Waals surface area contributed by atoms with Gasteiger partial charge in [-0.25, -0.2) is 0 Å². The van der Waals surface area contributed by atoms with Crippen molar-refractivity contribution in [3.63, 3.8) is 0 Å². The van der Waals surface area contributed by atoms with E-state index in [9.17, 15) is 22.8 Å². The fourth-order valence-corrected chi connectivity index (χ4v) is 1.85. The Morgan fingerprint density at radius 3 is 2.35 bits per heavy atom. The Morgan fingerprint density at radius 1 is 1.30 bits per heavy atom. The number of hydrogen-bond acceptors (Lipinski definition) is 3. The average Bonchev–Trinajstić information content (AvgIpc) is 2.81. The van der Waals surface area contributed by atoms with Crippen molar-refractivity contribution in [3.8, 4) is 0 Å². The standard InChI is InChI=1S/C14H21F3N4O2/c1-5-20(8-11(22)18-13(2,3)4)12(23)9-21-7-6-10(19-21)14(15,16)17/h6-7H,5,8-9H2,1-4H3,(H,18,22). The van der Waals surface area contributed by atoms with E-state index in [4.69, 9.17) is 0 Å². The van der Waals surface area contributed by atoms with Gasteiger partial charge in [0.15, 0.2) is 5.69 Å². The lowest BCUT2D eigenvalue weighted by Gasteiger charge is -2.25. The monoisotopic (exact) mass is 334 g/mol. The van der Waals surface area contributed by atoms with Crippen molar-refractivity contribution in [1.82, 2.24) is 20.0 Å². The molecule has 0 saturated heterocycles. The van der Waals surface area contributed by atoms with Crippen LogP contribution in [0.5, 0.6) is 0 Å². The Hall–Kier alpha value is -2.06. The van der Waals surface area contributed by atoms with E-state index < -0.39 is 23.3 Å². The Bertz CT molecular complexity index is 561. The van der Waals surface area contributed by atoms with Gasteiger partial charge in [-0.05, 0) is 33.8 Å². The third-order valence-corrected chi connectivity index (χ3v) is 2.81. The van der Waals surface area contributed by atoms with Crippen LogP contribution in [0.1, 0.15) is 33.4 Å². The summed E-state index contributed by atoms with van der Waals surface area (Å²) >= 11 is 0. The molecule has 0 unspecified atom stereocenters. The Morgan fingerprint density at radius 2 is 1.91 bits per heavy atom. The summed E-state index contributed by atoms with van der Waals surface area (Å²) in [5.74, 6) is -0.808. The summed E-state index contributed by atoms with van der Waals surface area (Å²) in [7, 11) is 0. The highest BCUT2D eigenvalue weighted by molar-refractivity contribution is 5.85. The Balaban J connectivity index is 2.67. The van der Waals surface area contributed by atoms with Crippen LogP contribution in [0.25, 0.3) is 0 Å². The van der Waals surface area contributed by atoms with Crippen LogP contribution in [0, 0.1) is 0 Å². The van der Waals surface area contributed by atoms with Crippen LogP contribution in [0.15, 0.2) is 12.3 Å². The van der Waals surface area contributed by atoms with Crippen LogP contribution in [0.2, 0.25) is 0 Å². The molecule has 0 aliphatic rings. The number of carbonyl (C=O) groups excluding carboxylic acids is 2. The summed E-state index contributed by atoms with van der Waals surface area (Å²) in [5.41, 5.74) is -1.48. The average molecular weight is 334 g/mol. The first-order valence-electron chi connectivity index (χ1n) is 7.12. The van der Waals surface area contributed by atoms with Gasteiger partial charge in [0.1, 0.15) is 6.54 Å². The molecule has 0 aliphatic carbocycles. The molecule has 0 aromatic carbocycles.